The highest BCUT2D eigenvalue weighted by molar-refractivity contribution is 6.35. The number of rotatable bonds is 2. The molecule has 0 saturated heterocycles. The van der Waals surface area contributed by atoms with Crippen LogP contribution in [0.4, 0.5) is 13.2 Å². The Hall–Kier alpha value is -2.73. The molecule has 3 nitrogen and oxygen atoms in total. The van der Waals surface area contributed by atoms with Gasteiger partial charge in [0.05, 0.1) is 16.1 Å². The van der Waals surface area contributed by atoms with E-state index in [9.17, 15) is 18.0 Å². The number of hydrogen-bond acceptors (Lipinski definition) is 1. The maximum Gasteiger partial charge on any atom is 0.416 e. The summed E-state index contributed by atoms with van der Waals surface area (Å²) in [6.07, 6.45) is -0.0166. The zero-order valence-corrected chi connectivity index (χ0v) is 15.4. The molecule has 7 heteroatoms. The Bertz CT molecular complexity index is 1080. The maximum absolute atomic E-state index is 12.9. The van der Waals surface area contributed by atoms with E-state index in [-0.39, 0.29) is 5.56 Å². The van der Waals surface area contributed by atoms with Crippen LogP contribution < -0.4 is 0 Å². The minimum Gasteiger partial charge on any atom is -0.359 e. The summed E-state index contributed by atoms with van der Waals surface area (Å²) in [5, 5.41) is 1.65. The van der Waals surface area contributed by atoms with Gasteiger partial charge in [-0.25, -0.2) is 0 Å². The quantitative estimate of drug-likeness (QED) is 0.578. The number of fused-ring (bicyclic) bond motifs is 1. The van der Waals surface area contributed by atoms with Crippen molar-refractivity contribution in [3.63, 3.8) is 0 Å². The molecule has 0 fully saturated rings. The summed E-state index contributed by atoms with van der Waals surface area (Å²) >= 11 is 6.20. The van der Waals surface area contributed by atoms with E-state index in [0.717, 1.165) is 34.2 Å². The van der Waals surface area contributed by atoms with Crippen molar-refractivity contribution < 1.29 is 18.0 Å². The lowest BCUT2D eigenvalue weighted by Gasteiger charge is -2.27. The van der Waals surface area contributed by atoms with Crippen molar-refractivity contribution in [1.29, 1.82) is 0 Å². The number of alkyl halides is 3. The molecule has 28 heavy (non-hydrogen) atoms. The number of aromatic amines is 1. The number of para-hydroxylation sites is 1. The van der Waals surface area contributed by atoms with Crippen molar-refractivity contribution >= 4 is 34.0 Å². The average molecular weight is 405 g/mol. The van der Waals surface area contributed by atoms with Crippen LogP contribution in [0.1, 0.15) is 27.9 Å². The summed E-state index contributed by atoms with van der Waals surface area (Å²) in [7, 11) is 0. The van der Waals surface area contributed by atoms with E-state index < -0.39 is 17.6 Å². The molecule has 1 aromatic heterocycles. The lowest BCUT2D eigenvalue weighted by molar-refractivity contribution is -0.137. The molecule has 0 unspecified atom stereocenters. The fraction of sp³-hybridized carbons (Fsp3) is 0.190. The van der Waals surface area contributed by atoms with Gasteiger partial charge in [-0.05, 0) is 36.3 Å². The van der Waals surface area contributed by atoms with Gasteiger partial charge in [0.25, 0.3) is 5.91 Å². The number of nitrogens with one attached hydrogen (secondary N) is 1. The summed E-state index contributed by atoms with van der Waals surface area (Å²) in [6.45, 7) is 0.784. The predicted octanol–water partition coefficient (Wildman–Crippen LogP) is 5.77. The van der Waals surface area contributed by atoms with Crippen molar-refractivity contribution in [2.24, 2.45) is 0 Å². The van der Waals surface area contributed by atoms with Crippen LogP contribution in [0.3, 0.4) is 0 Å². The van der Waals surface area contributed by atoms with Crippen LogP contribution >= 0.6 is 11.6 Å². The third-order valence-corrected chi connectivity index (χ3v) is 5.26. The summed E-state index contributed by atoms with van der Waals surface area (Å²) in [4.78, 5) is 17.4. The van der Waals surface area contributed by atoms with Crippen molar-refractivity contribution in [2.75, 3.05) is 13.1 Å². The fourth-order valence-electron chi connectivity index (χ4n) is 3.49. The van der Waals surface area contributed by atoms with E-state index in [4.69, 9.17) is 11.6 Å². The third-order valence-electron chi connectivity index (χ3n) is 4.94. The number of H-pyrrole nitrogens is 1. The van der Waals surface area contributed by atoms with Gasteiger partial charge >= 0.3 is 6.18 Å². The normalized spacial score (nSPS) is 15.0. The zero-order chi connectivity index (χ0) is 19.9. The van der Waals surface area contributed by atoms with Gasteiger partial charge in [0.2, 0.25) is 0 Å². The first-order valence-corrected chi connectivity index (χ1v) is 9.14. The Labute approximate surface area is 164 Å². The summed E-state index contributed by atoms with van der Waals surface area (Å²) in [5.74, 6) is -0.400. The Morgan fingerprint density at radius 1 is 1.14 bits per heavy atom. The van der Waals surface area contributed by atoms with Gasteiger partial charge in [-0.3, -0.25) is 4.79 Å². The molecular weight excluding hydrogens is 389 g/mol. The zero-order valence-electron chi connectivity index (χ0n) is 14.7. The fourth-order valence-corrected chi connectivity index (χ4v) is 3.72. The van der Waals surface area contributed by atoms with E-state index in [0.29, 0.717) is 24.5 Å². The topological polar surface area (TPSA) is 36.1 Å². The first kappa shape index (κ1) is 18.6. The highest BCUT2D eigenvalue weighted by atomic mass is 35.5. The lowest BCUT2D eigenvalue weighted by Crippen LogP contribution is -2.34. The highest BCUT2D eigenvalue weighted by Gasteiger charge is 2.31. The number of benzene rings is 2. The second-order valence-corrected chi connectivity index (χ2v) is 7.08. The van der Waals surface area contributed by atoms with Crippen molar-refractivity contribution in [2.45, 2.75) is 12.6 Å². The van der Waals surface area contributed by atoms with Gasteiger partial charge in [-0.2, -0.15) is 13.2 Å². The molecule has 1 aliphatic rings. The summed E-state index contributed by atoms with van der Waals surface area (Å²) in [6, 6.07) is 10.2. The van der Waals surface area contributed by atoms with Crippen LogP contribution in [-0.4, -0.2) is 28.9 Å². The van der Waals surface area contributed by atoms with Crippen LogP contribution in [0.2, 0.25) is 5.02 Å². The first-order chi connectivity index (χ1) is 13.3. The monoisotopic (exact) mass is 404 g/mol. The second kappa shape index (κ2) is 7.02. The molecule has 0 atom stereocenters. The largest absolute Gasteiger partial charge is 0.416 e. The molecule has 0 saturated carbocycles. The van der Waals surface area contributed by atoms with Crippen molar-refractivity contribution in [3.05, 3.63) is 76.5 Å². The van der Waals surface area contributed by atoms with Gasteiger partial charge < -0.3 is 9.88 Å². The molecule has 0 bridgehead atoms. The van der Waals surface area contributed by atoms with Gasteiger partial charge in [0.15, 0.2) is 0 Å². The molecule has 1 N–H and O–H groups in total. The van der Waals surface area contributed by atoms with Gasteiger partial charge in [-0.1, -0.05) is 35.9 Å². The van der Waals surface area contributed by atoms with Crippen molar-refractivity contribution in [1.82, 2.24) is 9.88 Å². The third kappa shape index (κ3) is 3.40. The minimum absolute atomic E-state index is 0.0468. The van der Waals surface area contributed by atoms with Crippen LogP contribution in [-0.2, 0) is 6.18 Å². The summed E-state index contributed by atoms with van der Waals surface area (Å²) in [5.41, 5.74) is 2.21. The Balaban J connectivity index is 1.55. The molecule has 0 spiro atoms. The Morgan fingerprint density at radius 2 is 1.93 bits per heavy atom. The van der Waals surface area contributed by atoms with Crippen LogP contribution in [0.15, 0.2) is 54.7 Å². The van der Waals surface area contributed by atoms with E-state index in [1.807, 2.05) is 30.5 Å². The van der Waals surface area contributed by atoms with E-state index >= 15 is 0 Å². The van der Waals surface area contributed by atoms with Gasteiger partial charge in [-0.15, -0.1) is 0 Å². The van der Waals surface area contributed by atoms with Crippen LogP contribution in [0.5, 0.6) is 0 Å². The maximum atomic E-state index is 12.9. The number of hydrogen-bond donors (Lipinski definition) is 1. The van der Waals surface area contributed by atoms with Crippen LogP contribution in [0, 0.1) is 0 Å². The number of halogens is 4. The number of aromatic nitrogens is 1. The van der Waals surface area contributed by atoms with E-state index in [1.54, 1.807) is 4.90 Å². The predicted molar refractivity (Wildman–Crippen MR) is 103 cm³/mol. The average Bonchev–Trinajstić information content (AvgIpc) is 3.12. The smallest absolute Gasteiger partial charge is 0.359 e. The molecule has 0 radical (unpaired) electrons. The summed E-state index contributed by atoms with van der Waals surface area (Å²) < 4.78 is 38.7. The second-order valence-electron chi connectivity index (χ2n) is 6.67. The highest BCUT2D eigenvalue weighted by Crippen LogP contribution is 2.33. The van der Waals surface area contributed by atoms with Crippen LogP contribution in [0.25, 0.3) is 16.5 Å². The SMILES string of the molecule is O=C(c1cccc(C(F)(F)F)c1)N1CC=C(c2c[nH]c3c(Cl)cccc23)CC1. The molecule has 2 aromatic carbocycles. The van der Waals surface area contributed by atoms with Gasteiger partial charge in [0.1, 0.15) is 0 Å². The number of nitrogens with zero attached hydrogens (tertiary/aromatic N) is 1. The van der Waals surface area contributed by atoms with E-state index in [1.165, 1.54) is 12.1 Å². The number of carbonyl (C=O) groups excluding carboxylic acids is 1. The molecule has 0 aliphatic carbocycles. The molecule has 1 aliphatic heterocycles. The van der Waals surface area contributed by atoms with Gasteiger partial charge in [0, 0.05) is 35.8 Å². The molecule has 1 amide bonds. The number of carbonyl (C=O) groups is 1. The molecule has 144 valence electrons. The molecular formula is C21H16ClF3N2O. The minimum atomic E-state index is -4.47. The lowest BCUT2D eigenvalue weighted by atomic mass is 9.98. The standard InChI is InChI=1S/C21H16ClF3N2O/c22-18-6-2-5-16-17(12-26-19(16)18)13-7-9-27(10-8-13)20(28)14-3-1-4-15(11-14)21(23,24)25/h1-7,11-12,26H,8-10H2. The molecule has 4 rings (SSSR count). The van der Waals surface area contributed by atoms with Crippen molar-refractivity contribution in [3.8, 4) is 0 Å². The number of amides is 1. The molecule has 2 heterocycles. The van der Waals surface area contributed by atoms with E-state index in [2.05, 4.69) is 4.98 Å². The Kier molecular flexibility index (Phi) is 4.67. The molecule has 3 aromatic rings. The first-order valence-electron chi connectivity index (χ1n) is 8.76. The Morgan fingerprint density at radius 3 is 2.64 bits per heavy atom.